The van der Waals surface area contributed by atoms with Crippen LogP contribution in [0.15, 0.2) is 168 Å². The van der Waals surface area contributed by atoms with E-state index in [9.17, 15) is 0 Å². The van der Waals surface area contributed by atoms with E-state index in [4.69, 9.17) is 4.42 Å². The summed E-state index contributed by atoms with van der Waals surface area (Å²) in [5.41, 5.74) is 22.9. The number of thiophene rings is 1. The van der Waals surface area contributed by atoms with Crippen LogP contribution in [-0.4, -0.2) is 11.4 Å². The molecule has 0 saturated carbocycles. The SMILES string of the molecule is CC(C)(C)c1ccc(N2B3c4cc(C(C)(C)C)ccc4-n4c5ccc(C(C)(C)C)cc5c5c6c(oc7ccccc76)c(c3c54)-c3cc4c(cc32)sc2ccc(N(c3ccc(C(C)(C)C)cc3)c3ccc(C(C)(C)C)cc3)cc24)cc1. The molecule has 2 aliphatic rings. The number of anilines is 5. The van der Waals surface area contributed by atoms with E-state index in [0.717, 1.165) is 33.6 Å². The fourth-order valence-corrected chi connectivity index (χ4v) is 14.3. The summed E-state index contributed by atoms with van der Waals surface area (Å²) in [7, 11) is 0. The largest absolute Gasteiger partial charge is 0.455 e. The second-order valence-electron chi connectivity index (χ2n) is 28.3. The summed E-state index contributed by atoms with van der Waals surface area (Å²) in [5.74, 6) is 0. The summed E-state index contributed by atoms with van der Waals surface area (Å²) in [5, 5.41) is 7.37. The number of para-hydroxylation sites is 1. The van der Waals surface area contributed by atoms with Crippen LogP contribution in [0, 0.1) is 0 Å². The Bertz CT molecular complexity index is 4480. The third-order valence-corrected chi connectivity index (χ3v) is 18.9. The molecule has 4 nitrogen and oxygen atoms in total. The summed E-state index contributed by atoms with van der Waals surface area (Å²) >= 11 is 1.90. The molecule has 0 atom stereocenters. The van der Waals surface area contributed by atoms with Crippen molar-refractivity contribution in [2.24, 2.45) is 0 Å². The fourth-order valence-electron chi connectivity index (χ4n) is 13.2. The molecule has 0 amide bonds. The van der Waals surface area contributed by atoms with Gasteiger partial charge in [-0.3, -0.25) is 0 Å². The smallest absolute Gasteiger partial charge is 0.333 e. The highest BCUT2D eigenvalue weighted by Gasteiger charge is 2.47. The first-order valence-corrected chi connectivity index (χ1v) is 29.7. The zero-order valence-electron chi connectivity index (χ0n) is 49.3. The number of aromatic nitrogens is 1. The zero-order valence-corrected chi connectivity index (χ0v) is 50.1. The first-order valence-electron chi connectivity index (χ1n) is 28.9. The molecule has 80 heavy (non-hydrogen) atoms. The Morgan fingerprint density at radius 1 is 0.438 bits per heavy atom. The molecule has 398 valence electrons. The van der Waals surface area contributed by atoms with E-state index in [0.29, 0.717) is 0 Å². The van der Waals surface area contributed by atoms with Gasteiger partial charge in [-0.15, -0.1) is 11.3 Å². The highest BCUT2D eigenvalue weighted by Crippen LogP contribution is 2.54. The van der Waals surface area contributed by atoms with Crippen LogP contribution in [0.25, 0.3) is 80.7 Å². The van der Waals surface area contributed by atoms with Gasteiger partial charge in [0.2, 0.25) is 0 Å². The predicted octanol–water partition coefficient (Wildman–Crippen LogP) is 20.2. The number of nitrogens with zero attached hydrogens (tertiary/aromatic N) is 3. The molecule has 2 aliphatic heterocycles. The third-order valence-electron chi connectivity index (χ3n) is 17.7. The molecule has 0 fully saturated rings. The van der Waals surface area contributed by atoms with Gasteiger partial charge >= 0.3 is 6.85 Å². The predicted molar refractivity (Wildman–Crippen MR) is 348 cm³/mol. The summed E-state index contributed by atoms with van der Waals surface area (Å²) in [4.78, 5) is 5.14. The molecule has 0 radical (unpaired) electrons. The Hall–Kier alpha value is -7.54. The maximum absolute atomic E-state index is 7.46. The van der Waals surface area contributed by atoms with E-state index in [-0.39, 0.29) is 33.9 Å². The van der Waals surface area contributed by atoms with Crippen molar-refractivity contribution < 1.29 is 4.42 Å². The van der Waals surface area contributed by atoms with Crippen LogP contribution in [0.2, 0.25) is 0 Å². The molecule has 0 aliphatic carbocycles. The van der Waals surface area contributed by atoms with Crippen LogP contribution < -0.4 is 20.6 Å². The van der Waals surface area contributed by atoms with Gasteiger partial charge in [-0.1, -0.05) is 177 Å². The zero-order chi connectivity index (χ0) is 55.9. The Balaban J connectivity index is 1.11. The molecule has 0 bridgehead atoms. The van der Waals surface area contributed by atoms with E-state index >= 15 is 0 Å². The van der Waals surface area contributed by atoms with Crippen molar-refractivity contribution in [3.05, 3.63) is 192 Å². The van der Waals surface area contributed by atoms with Crippen LogP contribution in [0.1, 0.15) is 132 Å². The number of hydrogen-bond acceptors (Lipinski definition) is 4. The van der Waals surface area contributed by atoms with Crippen molar-refractivity contribution in [1.82, 2.24) is 4.57 Å². The minimum Gasteiger partial charge on any atom is -0.455 e. The number of benzene rings is 9. The lowest BCUT2D eigenvalue weighted by Gasteiger charge is -2.42. The van der Waals surface area contributed by atoms with Crippen molar-refractivity contribution >= 4 is 121 Å². The van der Waals surface area contributed by atoms with Gasteiger partial charge in [-0.05, 0) is 157 Å². The van der Waals surface area contributed by atoms with E-state index in [1.807, 2.05) is 11.3 Å². The Labute approximate surface area is 476 Å². The first-order chi connectivity index (χ1) is 37.8. The monoisotopic (exact) mass is 1060 g/mol. The molecule has 6 heteroatoms. The standard InChI is InChI=1S/C74H72BN3OS/c1-70(2,3)43-20-28-48(29-21-43)76(49-30-22-44(23-31-49)71(4,5)6)51-34-37-62-53(40-51)54-41-56-60(42-63(54)80-62)78(50-32-24-45(25-33-50)72(7,8)9)75-57-39-47(74(13,14)15)27-36-59(57)77-58-35-26-46(73(10,11)12)38-55(58)64-65-52-18-16-17-19-61(52)79-69(65)66(56)67(75)68(64)77/h16-42H,1-15H3. The molecule has 0 spiro atoms. The van der Waals surface area contributed by atoms with Gasteiger partial charge in [-0.2, -0.15) is 0 Å². The van der Waals surface area contributed by atoms with Crippen LogP contribution in [0.4, 0.5) is 28.4 Å². The summed E-state index contributed by atoms with van der Waals surface area (Å²) in [6, 6.07) is 63.5. The van der Waals surface area contributed by atoms with E-state index < -0.39 is 0 Å². The average molecular weight is 1060 g/mol. The van der Waals surface area contributed by atoms with E-state index in [1.165, 1.54) is 114 Å². The van der Waals surface area contributed by atoms with Crippen molar-refractivity contribution in [2.45, 2.75) is 131 Å². The summed E-state index contributed by atoms with van der Waals surface area (Å²) in [6.07, 6.45) is 0. The maximum Gasteiger partial charge on any atom is 0.333 e. The van der Waals surface area contributed by atoms with Crippen LogP contribution in [-0.2, 0) is 27.1 Å². The molecule has 5 heterocycles. The second kappa shape index (κ2) is 17.0. The minimum atomic E-state index is -0.171. The van der Waals surface area contributed by atoms with Gasteiger partial charge in [0.05, 0.1) is 11.0 Å². The normalized spacial score (nSPS) is 13.9. The van der Waals surface area contributed by atoms with Crippen LogP contribution >= 0.6 is 11.3 Å². The number of rotatable bonds is 4. The molecule has 0 unspecified atom stereocenters. The minimum absolute atomic E-state index is 0.000676. The molecular weight excluding hydrogens is 990 g/mol. The summed E-state index contributed by atoms with van der Waals surface area (Å²) < 4.78 is 12.6. The molecule has 12 aromatic rings. The average Bonchev–Trinajstić information content (AvgIpc) is 4.11. The third kappa shape index (κ3) is 7.68. The van der Waals surface area contributed by atoms with Gasteiger partial charge in [0, 0.05) is 87.0 Å². The highest BCUT2D eigenvalue weighted by molar-refractivity contribution is 7.25. The van der Waals surface area contributed by atoms with Crippen molar-refractivity contribution in [3.8, 4) is 16.8 Å². The Morgan fingerprint density at radius 3 is 1.59 bits per heavy atom. The van der Waals surface area contributed by atoms with Gasteiger partial charge in [0.1, 0.15) is 11.2 Å². The fraction of sp³-hybridized carbons (Fsp3) is 0.270. The Morgan fingerprint density at radius 2 is 0.975 bits per heavy atom. The van der Waals surface area contributed by atoms with Crippen LogP contribution in [0.5, 0.6) is 0 Å². The summed E-state index contributed by atoms with van der Waals surface area (Å²) in [6.45, 7) is 34.5. The topological polar surface area (TPSA) is 24.6 Å². The molecule has 0 N–H and O–H groups in total. The second-order valence-corrected chi connectivity index (χ2v) is 29.4. The van der Waals surface area contributed by atoms with Crippen molar-refractivity contribution in [3.63, 3.8) is 0 Å². The molecule has 3 aromatic heterocycles. The lowest BCUT2D eigenvalue weighted by molar-refractivity contribution is 0.590. The quantitative estimate of drug-likeness (QED) is 0.164. The van der Waals surface area contributed by atoms with Crippen LogP contribution in [0.3, 0.4) is 0 Å². The maximum atomic E-state index is 7.46. The highest BCUT2D eigenvalue weighted by atomic mass is 32.1. The van der Waals surface area contributed by atoms with Crippen molar-refractivity contribution in [1.29, 1.82) is 0 Å². The van der Waals surface area contributed by atoms with Gasteiger partial charge in [-0.25, -0.2) is 0 Å². The van der Waals surface area contributed by atoms with Gasteiger partial charge in [0.25, 0.3) is 0 Å². The van der Waals surface area contributed by atoms with Gasteiger partial charge < -0.3 is 18.7 Å². The van der Waals surface area contributed by atoms with Gasteiger partial charge in [0.15, 0.2) is 0 Å². The molecular formula is C74H72BN3OS. The molecule has 9 aromatic carbocycles. The Kier molecular flexibility index (Phi) is 10.8. The molecule has 14 rings (SSSR count). The molecule has 0 saturated heterocycles. The van der Waals surface area contributed by atoms with E-state index in [2.05, 4.69) is 282 Å². The van der Waals surface area contributed by atoms with Crippen molar-refractivity contribution in [2.75, 3.05) is 9.71 Å². The number of furan rings is 1. The lowest BCUT2D eigenvalue weighted by Crippen LogP contribution is -2.60. The first kappa shape index (κ1) is 50.7. The number of hydrogen-bond donors (Lipinski definition) is 0. The van der Waals surface area contributed by atoms with E-state index in [1.54, 1.807) is 0 Å². The number of fused-ring (bicyclic) bond motifs is 16. The lowest BCUT2D eigenvalue weighted by atomic mass is 9.43.